The number of ether oxygens (including phenoxy) is 1. The molecule has 0 saturated carbocycles. The fourth-order valence-electron chi connectivity index (χ4n) is 3.27. The minimum atomic E-state index is 0.450. The van der Waals surface area contributed by atoms with E-state index in [0.717, 1.165) is 0 Å². The zero-order chi connectivity index (χ0) is 17.0. The SMILES string of the molecule is CCCCCCCCCCCCCCCCCCCC(C)OC. The van der Waals surface area contributed by atoms with Crippen molar-refractivity contribution in [2.75, 3.05) is 7.11 Å². The smallest absolute Gasteiger partial charge is 0.0543 e. The van der Waals surface area contributed by atoms with Gasteiger partial charge in [0.15, 0.2) is 0 Å². The Kier molecular flexibility index (Phi) is 20.0. The van der Waals surface area contributed by atoms with Crippen molar-refractivity contribution < 1.29 is 4.74 Å². The first-order valence-corrected chi connectivity index (χ1v) is 10.8. The number of hydrogen-bond acceptors (Lipinski definition) is 1. The lowest BCUT2D eigenvalue weighted by molar-refractivity contribution is 0.108. The summed E-state index contributed by atoms with van der Waals surface area (Å²) in [4.78, 5) is 0. The van der Waals surface area contributed by atoms with Crippen LogP contribution in [0.2, 0.25) is 0 Å². The average molecular weight is 327 g/mol. The molecule has 0 saturated heterocycles. The van der Waals surface area contributed by atoms with Crippen molar-refractivity contribution in [3.8, 4) is 0 Å². The normalized spacial score (nSPS) is 12.7. The molecule has 0 heterocycles. The third kappa shape index (κ3) is 19.9. The van der Waals surface area contributed by atoms with Crippen molar-refractivity contribution in [1.82, 2.24) is 0 Å². The zero-order valence-corrected chi connectivity index (χ0v) is 16.7. The first-order valence-electron chi connectivity index (χ1n) is 10.8. The highest BCUT2D eigenvalue weighted by Crippen LogP contribution is 2.14. The Morgan fingerprint density at radius 2 is 0.826 bits per heavy atom. The average Bonchev–Trinajstić information content (AvgIpc) is 2.57. The Hall–Kier alpha value is -0.0400. The number of hydrogen-bond donors (Lipinski definition) is 0. The van der Waals surface area contributed by atoms with Crippen LogP contribution in [0.5, 0.6) is 0 Å². The molecule has 1 unspecified atom stereocenters. The molecule has 0 rings (SSSR count). The van der Waals surface area contributed by atoms with Gasteiger partial charge in [-0.3, -0.25) is 0 Å². The summed E-state index contributed by atoms with van der Waals surface area (Å²) in [6.07, 6.45) is 26.3. The van der Waals surface area contributed by atoms with Crippen LogP contribution in [-0.2, 0) is 4.74 Å². The lowest BCUT2D eigenvalue weighted by Gasteiger charge is -2.08. The highest BCUT2D eigenvalue weighted by molar-refractivity contribution is 4.52. The predicted molar refractivity (Wildman–Crippen MR) is 105 cm³/mol. The minimum Gasteiger partial charge on any atom is -0.382 e. The lowest BCUT2D eigenvalue weighted by atomic mass is 10.0. The molecule has 0 aliphatic carbocycles. The molecule has 1 nitrogen and oxygen atoms in total. The first kappa shape index (κ1) is 23.0. The van der Waals surface area contributed by atoms with Gasteiger partial charge in [-0.25, -0.2) is 0 Å². The van der Waals surface area contributed by atoms with Crippen molar-refractivity contribution in [2.45, 2.75) is 136 Å². The highest BCUT2D eigenvalue weighted by atomic mass is 16.5. The van der Waals surface area contributed by atoms with Crippen LogP contribution in [0, 0.1) is 0 Å². The van der Waals surface area contributed by atoms with Crippen LogP contribution in [0.25, 0.3) is 0 Å². The van der Waals surface area contributed by atoms with Gasteiger partial charge in [-0.05, 0) is 13.3 Å². The van der Waals surface area contributed by atoms with Crippen molar-refractivity contribution in [1.29, 1.82) is 0 Å². The Bertz CT molecular complexity index is 202. The molecule has 0 spiro atoms. The van der Waals surface area contributed by atoms with Gasteiger partial charge in [-0.1, -0.05) is 116 Å². The Labute approximate surface area is 148 Å². The van der Waals surface area contributed by atoms with Gasteiger partial charge in [0.25, 0.3) is 0 Å². The Morgan fingerprint density at radius 1 is 0.522 bits per heavy atom. The van der Waals surface area contributed by atoms with E-state index in [1.54, 1.807) is 0 Å². The summed E-state index contributed by atoms with van der Waals surface area (Å²) < 4.78 is 5.28. The molecule has 0 aromatic rings. The third-order valence-electron chi connectivity index (χ3n) is 5.12. The predicted octanol–water partition coefficient (Wildman–Crippen LogP) is 8.06. The van der Waals surface area contributed by atoms with Gasteiger partial charge in [-0.15, -0.1) is 0 Å². The molecule has 140 valence electrons. The largest absolute Gasteiger partial charge is 0.382 e. The third-order valence-corrected chi connectivity index (χ3v) is 5.12. The standard InChI is InChI=1S/C22H46O/c1-4-5-6-7-8-9-10-11-12-13-14-15-16-17-18-19-20-21-22(2)23-3/h22H,4-21H2,1-3H3. The van der Waals surface area contributed by atoms with Crippen molar-refractivity contribution in [3.63, 3.8) is 0 Å². The molecular formula is C22H46O. The topological polar surface area (TPSA) is 9.23 Å². The van der Waals surface area contributed by atoms with Crippen LogP contribution >= 0.6 is 0 Å². The zero-order valence-electron chi connectivity index (χ0n) is 16.7. The van der Waals surface area contributed by atoms with Gasteiger partial charge in [0.1, 0.15) is 0 Å². The van der Waals surface area contributed by atoms with Crippen LogP contribution in [0.1, 0.15) is 129 Å². The second-order valence-corrected chi connectivity index (χ2v) is 7.49. The van der Waals surface area contributed by atoms with Gasteiger partial charge in [-0.2, -0.15) is 0 Å². The van der Waals surface area contributed by atoms with E-state index in [2.05, 4.69) is 13.8 Å². The molecule has 1 atom stereocenters. The number of methoxy groups -OCH3 is 1. The molecule has 0 fully saturated rings. The van der Waals surface area contributed by atoms with Gasteiger partial charge >= 0.3 is 0 Å². The molecule has 23 heavy (non-hydrogen) atoms. The van der Waals surface area contributed by atoms with Gasteiger partial charge in [0, 0.05) is 7.11 Å². The van der Waals surface area contributed by atoms with E-state index in [9.17, 15) is 0 Å². The summed E-state index contributed by atoms with van der Waals surface area (Å²) in [5.41, 5.74) is 0. The molecule has 0 N–H and O–H groups in total. The molecule has 0 aliphatic heterocycles. The van der Waals surface area contributed by atoms with Gasteiger partial charge in [0.05, 0.1) is 6.10 Å². The lowest BCUT2D eigenvalue weighted by Crippen LogP contribution is -2.03. The van der Waals surface area contributed by atoms with E-state index in [0.29, 0.717) is 6.10 Å². The minimum absolute atomic E-state index is 0.450. The summed E-state index contributed by atoms with van der Waals surface area (Å²) in [6, 6.07) is 0. The van der Waals surface area contributed by atoms with Crippen molar-refractivity contribution in [3.05, 3.63) is 0 Å². The van der Waals surface area contributed by atoms with Gasteiger partial charge < -0.3 is 4.74 Å². The summed E-state index contributed by atoms with van der Waals surface area (Å²) in [5, 5.41) is 0. The molecular weight excluding hydrogens is 280 g/mol. The van der Waals surface area contributed by atoms with E-state index < -0.39 is 0 Å². The second kappa shape index (κ2) is 20.0. The van der Waals surface area contributed by atoms with Crippen LogP contribution < -0.4 is 0 Å². The summed E-state index contributed by atoms with van der Waals surface area (Å²) in [5.74, 6) is 0. The van der Waals surface area contributed by atoms with Gasteiger partial charge in [0.2, 0.25) is 0 Å². The molecule has 0 aromatic heterocycles. The van der Waals surface area contributed by atoms with Crippen LogP contribution in [0.3, 0.4) is 0 Å². The van der Waals surface area contributed by atoms with E-state index in [1.165, 1.54) is 116 Å². The Morgan fingerprint density at radius 3 is 1.13 bits per heavy atom. The summed E-state index contributed by atoms with van der Waals surface area (Å²) in [6.45, 7) is 4.47. The molecule has 0 amide bonds. The Balaban J connectivity index is 2.97. The summed E-state index contributed by atoms with van der Waals surface area (Å²) >= 11 is 0. The molecule has 0 radical (unpaired) electrons. The van der Waals surface area contributed by atoms with E-state index in [1.807, 2.05) is 7.11 Å². The maximum Gasteiger partial charge on any atom is 0.0543 e. The molecule has 1 heteroatoms. The fourth-order valence-corrected chi connectivity index (χ4v) is 3.27. The van der Waals surface area contributed by atoms with Crippen LogP contribution in [0.15, 0.2) is 0 Å². The fraction of sp³-hybridized carbons (Fsp3) is 1.00. The molecule has 0 aromatic carbocycles. The van der Waals surface area contributed by atoms with Crippen LogP contribution in [-0.4, -0.2) is 13.2 Å². The van der Waals surface area contributed by atoms with Crippen molar-refractivity contribution >= 4 is 0 Å². The second-order valence-electron chi connectivity index (χ2n) is 7.49. The van der Waals surface area contributed by atoms with E-state index in [4.69, 9.17) is 4.74 Å². The van der Waals surface area contributed by atoms with Crippen molar-refractivity contribution in [2.24, 2.45) is 0 Å². The van der Waals surface area contributed by atoms with E-state index >= 15 is 0 Å². The number of unbranched alkanes of at least 4 members (excludes halogenated alkanes) is 16. The van der Waals surface area contributed by atoms with E-state index in [-0.39, 0.29) is 0 Å². The monoisotopic (exact) mass is 326 g/mol. The highest BCUT2D eigenvalue weighted by Gasteiger charge is 1.98. The maximum atomic E-state index is 5.28. The maximum absolute atomic E-state index is 5.28. The van der Waals surface area contributed by atoms with Crippen LogP contribution in [0.4, 0.5) is 0 Å². The first-order chi connectivity index (χ1) is 11.3. The summed E-state index contributed by atoms with van der Waals surface area (Å²) in [7, 11) is 1.82. The number of rotatable bonds is 19. The molecule has 0 aliphatic rings. The quantitative estimate of drug-likeness (QED) is 0.218. The molecule has 0 bridgehead atoms.